The van der Waals surface area contributed by atoms with Gasteiger partial charge >= 0.3 is 0 Å². The van der Waals surface area contributed by atoms with E-state index in [0.717, 1.165) is 0 Å². The number of halogens is 2. The highest BCUT2D eigenvalue weighted by atomic mass is 35.5. The van der Waals surface area contributed by atoms with Crippen LogP contribution in [0.2, 0.25) is 5.02 Å². The molecule has 106 valence electrons. The van der Waals surface area contributed by atoms with Gasteiger partial charge in [0, 0.05) is 11.6 Å². The normalized spacial score (nSPS) is 10.8. The van der Waals surface area contributed by atoms with Crippen molar-refractivity contribution in [3.05, 3.63) is 57.6 Å². The van der Waals surface area contributed by atoms with Gasteiger partial charge in [-0.3, -0.25) is 4.79 Å². The van der Waals surface area contributed by atoms with E-state index in [1.807, 2.05) is 0 Å². The second-order valence-corrected chi connectivity index (χ2v) is 4.71. The van der Waals surface area contributed by atoms with Crippen molar-refractivity contribution in [3.8, 4) is 22.5 Å². The van der Waals surface area contributed by atoms with Crippen molar-refractivity contribution in [2.45, 2.75) is 0 Å². The lowest BCUT2D eigenvalue weighted by Crippen LogP contribution is -2.04. The van der Waals surface area contributed by atoms with Crippen molar-refractivity contribution in [2.24, 2.45) is 0 Å². The minimum Gasteiger partial charge on any atom is -0.367 e. The van der Waals surface area contributed by atoms with Crippen LogP contribution in [0.15, 0.2) is 45.7 Å². The fourth-order valence-corrected chi connectivity index (χ4v) is 2.20. The molecule has 0 aliphatic carbocycles. The van der Waals surface area contributed by atoms with Crippen molar-refractivity contribution in [1.82, 2.24) is 10.1 Å². The fourth-order valence-electron chi connectivity index (χ4n) is 2.03. The summed E-state index contributed by atoms with van der Waals surface area (Å²) in [6, 6.07) is 9.04. The van der Waals surface area contributed by atoms with E-state index in [4.69, 9.17) is 21.9 Å². The number of benzene rings is 1. The van der Waals surface area contributed by atoms with Crippen LogP contribution in [0.4, 0.5) is 10.3 Å². The monoisotopic (exact) mass is 305 g/mol. The summed E-state index contributed by atoms with van der Waals surface area (Å²) in [6.45, 7) is 0. The van der Waals surface area contributed by atoms with E-state index < -0.39 is 5.82 Å². The maximum atomic E-state index is 14.2. The van der Waals surface area contributed by atoms with Crippen molar-refractivity contribution >= 4 is 17.5 Å². The van der Waals surface area contributed by atoms with Gasteiger partial charge in [-0.2, -0.15) is 0 Å². The molecule has 3 rings (SSSR count). The molecule has 0 fully saturated rings. The molecule has 2 heterocycles. The summed E-state index contributed by atoms with van der Waals surface area (Å²) in [5.74, 6) is -0.690. The topological polar surface area (TPSA) is 84.9 Å². The third kappa shape index (κ3) is 2.30. The molecule has 3 N–H and O–H groups in total. The first-order chi connectivity index (χ1) is 10.1. The average molecular weight is 306 g/mol. The van der Waals surface area contributed by atoms with Crippen molar-refractivity contribution < 1.29 is 8.91 Å². The lowest BCUT2D eigenvalue weighted by atomic mass is 10.0. The van der Waals surface area contributed by atoms with Crippen LogP contribution in [0.5, 0.6) is 0 Å². The quantitative estimate of drug-likeness (QED) is 0.762. The molecule has 0 saturated carbocycles. The van der Waals surface area contributed by atoms with Crippen LogP contribution in [0.25, 0.3) is 22.5 Å². The smallest absolute Gasteiger partial charge is 0.248 e. The SMILES string of the molecule is Nc1onc(-c2cccc(=O)[nH]2)c1-c1cccc(Cl)c1F. The molecule has 0 aliphatic rings. The summed E-state index contributed by atoms with van der Waals surface area (Å²) in [5.41, 5.74) is 6.44. The molecule has 0 aliphatic heterocycles. The van der Waals surface area contributed by atoms with Gasteiger partial charge in [-0.25, -0.2) is 4.39 Å². The van der Waals surface area contributed by atoms with Gasteiger partial charge in [-0.15, -0.1) is 0 Å². The zero-order valence-corrected chi connectivity index (χ0v) is 11.3. The van der Waals surface area contributed by atoms with Crippen LogP contribution >= 0.6 is 11.6 Å². The van der Waals surface area contributed by atoms with E-state index in [1.165, 1.54) is 18.2 Å². The van der Waals surface area contributed by atoms with Crippen molar-refractivity contribution in [3.63, 3.8) is 0 Å². The van der Waals surface area contributed by atoms with Crippen molar-refractivity contribution in [1.29, 1.82) is 0 Å². The van der Waals surface area contributed by atoms with E-state index >= 15 is 0 Å². The van der Waals surface area contributed by atoms with E-state index in [0.29, 0.717) is 5.69 Å². The lowest BCUT2D eigenvalue weighted by molar-refractivity contribution is 0.439. The Morgan fingerprint density at radius 3 is 2.76 bits per heavy atom. The second kappa shape index (κ2) is 5.06. The number of anilines is 1. The molecule has 1 aromatic carbocycles. The summed E-state index contributed by atoms with van der Waals surface area (Å²) < 4.78 is 19.1. The minimum absolute atomic E-state index is 0.0411. The van der Waals surface area contributed by atoms with E-state index in [9.17, 15) is 9.18 Å². The highest BCUT2D eigenvalue weighted by Gasteiger charge is 2.21. The molecular formula is C14H9ClFN3O2. The Morgan fingerprint density at radius 1 is 1.24 bits per heavy atom. The number of nitrogen functional groups attached to an aromatic ring is 1. The number of hydrogen-bond acceptors (Lipinski definition) is 4. The summed E-state index contributed by atoms with van der Waals surface area (Å²) in [4.78, 5) is 14.0. The molecule has 0 radical (unpaired) electrons. The van der Waals surface area contributed by atoms with Crippen LogP contribution in [-0.2, 0) is 0 Å². The molecule has 0 unspecified atom stereocenters. The maximum absolute atomic E-state index is 14.2. The largest absolute Gasteiger partial charge is 0.367 e. The first-order valence-corrected chi connectivity index (χ1v) is 6.35. The molecule has 0 spiro atoms. The Balaban J connectivity index is 2.27. The van der Waals surface area contributed by atoms with Crippen LogP contribution in [0.3, 0.4) is 0 Å². The third-order valence-corrected chi connectivity index (χ3v) is 3.25. The predicted octanol–water partition coefficient (Wildman–Crippen LogP) is 3.07. The maximum Gasteiger partial charge on any atom is 0.248 e. The molecule has 7 heteroatoms. The van der Waals surface area contributed by atoms with Gasteiger partial charge in [-0.05, 0) is 12.1 Å². The summed E-state index contributed by atoms with van der Waals surface area (Å²) in [6.07, 6.45) is 0. The molecule has 0 bridgehead atoms. The Kier molecular flexibility index (Phi) is 3.23. The molecule has 5 nitrogen and oxygen atoms in total. The second-order valence-electron chi connectivity index (χ2n) is 4.30. The lowest BCUT2D eigenvalue weighted by Gasteiger charge is -2.05. The third-order valence-electron chi connectivity index (χ3n) is 2.96. The Morgan fingerprint density at radius 2 is 2.00 bits per heavy atom. The zero-order valence-electron chi connectivity index (χ0n) is 10.6. The van der Waals surface area contributed by atoms with Crippen LogP contribution in [-0.4, -0.2) is 10.1 Å². The highest BCUT2D eigenvalue weighted by molar-refractivity contribution is 6.31. The number of aromatic nitrogens is 2. The molecule has 0 amide bonds. The molecule has 0 saturated heterocycles. The first-order valence-electron chi connectivity index (χ1n) is 5.97. The van der Waals surface area contributed by atoms with Gasteiger partial charge < -0.3 is 15.2 Å². The van der Waals surface area contributed by atoms with E-state index in [2.05, 4.69) is 10.1 Å². The first kappa shape index (κ1) is 13.4. The van der Waals surface area contributed by atoms with Gasteiger partial charge in [-0.1, -0.05) is 35.0 Å². The minimum atomic E-state index is -0.631. The number of rotatable bonds is 2. The van der Waals surface area contributed by atoms with Gasteiger partial charge in [0.15, 0.2) is 0 Å². The highest BCUT2D eigenvalue weighted by Crippen LogP contribution is 2.37. The number of pyridine rings is 1. The number of H-pyrrole nitrogens is 1. The molecule has 21 heavy (non-hydrogen) atoms. The van der Waals surface area contributed by atoms with Crippen molar-refractivity contribution in [2.75, 3.05) is 5.73 Å². The van der Waals surface area contributed by atoms with Crippen LogP contribution in [0, 0.1) is 5.82 Å². The molecule has 0 atom stereocenters. The number of nitrogens with two attached hydrogens (primary N) is 1. The van der Waals surface area contributed by atoms with Gasteiger partial charge in [0.2, 0.25) is 11.4 Å². The Bertz CT molecular complexity index is 873. The van der Waals surface area contributed by atoms with Gasteiger partial charge in [0.05, 0.1) is 16.3 Å². The van der Waals surface area contributed by atoms with E-state index in [-0.39, 0.29) is 33.3 Å². The van der Waals surface area contributed by atoms with Crippen LogP contribution < -0.4 is 11.3 Å². The average Bonchev–Trinajstić information content (AvgIpc) is 2.84. The molecular weight excluding hydrogens is 297 g/mol. The fraction of sp³-hybridized carbons (Fsp3) is 0. The number of nitrogens with one attached hydrogen (secondary N) is 1. The zero-order chi connectivity index (χ0) is 15.0. The summed E-state index contributed by atoms with van der Waals surface area (Å²) in [7, 11) is 0. The summed E-state index contributed by atoms with van der Waals surface area (Å²) in [5, 5.41) is 3.75. The molecule has 3 aromatic rings. The Hall–Kier alpha value is -2.60. The standard InChI is InChI=1S/C14H9ClFN3O2/c15-8-4-1-3-7(12(8)16)11-13(19-21-14(11)17)9-5-2-6-10(20)18-9/h1-6H,17H2,(H,18,20). The van der Waals surface area contributed by atoms with E-state index in [1.54, 1.807) is 18.2 Å². The van der Waals surface area contributed by atoms with Gasteiger partial charge in [0.1, 0.15) is 11.5 Å². The van der Waals surface area contributed by atoms with Gasteiger partial charge in [0.25, 0.3) is 0 Å². The summed E-state index contributed by atoms with van der Waals surface area (Å²) >= 11 is 5.78. The predicted molar refractivity (Wildman–Crippen MR) is 77.4 cm³/mol. The van der Waals surface area contributed by atoms with Crippen LogP contribution in [0.1, 0.15) is 0 Å². The Labute approximate surface area is 123 Å². The number of hydrogen-bond donors (Lipinski definition) is 2. The molecule has 2 aromatic heterocycles. The number of nitrogens with zero attached hydrogens (tertiary/aromatic N) is 1. The number of aromatic amines is 1.